The van der Waals surface area contributed by atoms with Gasteiger partial charge in [-0.05, 0) is 19.8 Å². The summed E-state index contributed by atoms with van der Waals surface area (Å²) in [5, 5.41) is 0.197. The summed E-state index contributed by atoms with van der Waals surface area (Å²) in [6.07, 6.45) is 1.69. The maximum absolute atomic E-state index is 12.0. The van der Waals surface area contributed by atoms with Crippen LogP contribution in [0.2, 0.25) is 5.02 Å². The fourth-order valence-electron chi connectivity index (χ4n) is 2.35. The quantitative estimate of drug-likeness (QED) is 0.926. The van der Waals surface area contributed by atoms with E-state index in [1.54, 1.807) is 5.51 Å². The highest BCUT2D eigenvalue weighted by Crippen LogP contribution is 2.31. The summed E-state index contributed by atoms with van der Waals surface area (Å²) < 4.78 is 5.35. The van der Waals surface area contributed by atoms with Gasteiger partial charge in [-0.3, -0.25) is 4.79 Å². The monoisotopic (exact) mass is 311 g/mol. The van der Waals surface area contributed by atoms with E-state index in [-0.39, 0.29) is 16.5 Å². The molecule has 1 fully saturated rings. The molecule has 106 valence electrons. The molecule has 5 nitrogen and oxygen atoms in total. The van der Waals surface area contributed by atoms with Crippen LogP contribution in [-0.4, -0.2) is 28.2 Å². The van der Waals surface area contributed by atoms with Crippen LogP contribution in [0.15, 0.2) is 10.3 Å². The molecule has 1 saturated heterocycles. The number of hydrogen-bond donors (Lipinski definition) is 1. The number of rotatable bonds is 2. The zero-order valence-corrected chi connectivity index (χ0v) is 12.6. The Balaban J connectivity index is 2.08. The Hall–Kier alpha value is -1.24. The summed E-state index contributed by atoms with van der Waals surface area (Å²) in [6, 6.07) is 0. The smallest absolute Gasteiger partial charge is 0.270 e. The van der Waals surface area contributed by atoms with Crippen LogP contribution in [0.1, 0.15) is 30.1 Å². The number of aryl methyl sites for hydroxylation is 1. The van der Waals surface area contributed by atoms with Gasteiger partial charge in [-0.2, -0.15) is 0 Å². The van der Waals surface area contributed by atoms with Gasteiger partial charge >= 0.3 is 0 Å². The molecule has 2 aromatic heterocycles. The van der Waals surface area contributed by atoms with E-state index >= 15 is 0 Å². The van der Waals surface area contributed by atoms with E-state index in [0.717, 1.165) is 23.4 Å². The SMILES string of the molecule is Cc1ncsc1-c1nc(C2CCOCC2)c(Cl)c(=O)[nH]1. The third-order valence-electron chi connectivity index (χ3n) is 3.46. The molecule has 20 heavy (non-hydrogen) atoms. The maximum Gasteiger partial charge on any atom is 0.270 e. The summed E-state index contributed by atoms with van der Waals surface area (Å²) in [5.74, 6) is 0.742. The van der Waals surface area contributed by atoms with E-state index < -0.39 is 0 Å². The first-order chi connectivity index (χ1) is 9.66. The van der Waals surface area contributed by atoms with Crippen LogP contribution in [-0.2, 0) is 4.74 Å². The molecule has 0 spiro atoms. The molecule has 1 N–H and O–H groups in total. The van der Waals surface area contributed by atoms with Crippen molar-refractivity contribution in [2.75, 3.05) is 13.2 Å². The van der Waals surface area contributed by atoms with Gasteiger partial charge in [0.15, 0.2) is 5.82 Å². The molecule has 0 aromatic carbocycles. The number of aromatic nitrogens is 3. The van der Waals surface area contributed by atoms with E-state index in [0.29, 0.717) is 24.7 Å². The van der Waals surface area contributed by atoms with Gasteiger partial charge in [-0.1, -0.05) is 11.6 Å². The highest BCUT2D eigenvalue weighted by Gasteiger charge is 2.23. The van der Waals surface area contributed by atoms with Crippen LogP contribution >= 0.6 is 22.9 Å². The average Bonchev–Trinajstić information content (AvgIpc) is 2.89. The van der Waals surface area contributed by atoms with Crippen molar-refractivity contribution in [3.8, 4) is 10.7 Å². The second kappa shape index (κ2) is 5.63. The lowest BCUT2D eigenvalue weighted by atomic mass is 9.96. The largest absolute Gasteiger partial charge is 0.381 e. The Morgan fingerprint density at radius 2 is 2.20 bits per heavy atom. The number of hydrogen-bond acceptors (Lipinski definition) is 5. The van der Waals surface area contributed by atoms with E-state index in [9.17, 15) is 4.79 Å². The maximum atomic E-state index is 12.0. The molecule has 0 saturated carbocycles. The van der Waals surface area contributed by atoms with Gasteiger partial charge in [0.1, 0.15) is 5.02 Å². The summed E-state index contributed by atoms with van der Waals surface area (Å²) in [6.45, 7) is 3.27. The van der Waals surface area contributed by atoms with Crippen molar-refractivity contribution in [2.45, 2.75) is 25.7 Å². The highest BCUT2D eigenvalue weighted by molar-refractivity contribution is 7.13. The van der Waals surface area contributed by atoms with Crippen molar-refractivity contribution in [3.63, 3.8) is 0 Å². The first-order valence-electron chi connectivity index (χ1n) is 6.44. The number of nitrogens with zero attached hydrogens (tertiary/aromatic N) is 2. The summed E-state index contributed by atoms with van der Waals surface area (Å²) in [7, 11) is 0. The van der Waals surface area contributed by atoms with Crippen molar-refractivity contribution in [1.29, 1.82) is 0 Å². The molecule has 0 radical (unpaired) electrons. The Morgan fingerprint density at radius 3 is 2.85 bits per heavy atom. The molecular formula is C13H14ClN3O2S. The van der Waals surface area contributed by atoms with Crippen molar-refractivity contribution >= 4 is 22.9 Å². The van der Waals surface area contributed by atoms with E-state index in [2.05, 4.69) is 15.0 Å². The lowest BCUT2D eigenvalue weighted by molar-refractivity contribution is 0.0845. The molecule has 3 heterocycles. The van der Waals surface area contributed by atoms with Crippen LogP contribution in [0.5, 0.6) is 0 Å². The van der Waals surface area contributed by atoms with Gasteiger partial charge in [-0.15, -0.1) is 11.3 Å². The molecule has 0 bridgehead atoms. The van der Waals surface area contributed by atoms with Crippen LogP contribution in [0.4, 0.5) is 0 Å². The third-order valence-corrected chi connectivity index (χ3v) is 4.76. The molecule has 0 atom stereocenters. The van der Waals surface area contributed by atoms with Crippen LogP contribution in [0.3, 0.4) is 0 Å². The Labute approximate surface area is 125 Å². The van der Waals surface area contributed by atoms with Gasteiger partial charge in [-0.25, -0.2) is 9.97 Å². The van der Waals surface area contributed by atoms with Gasteiger partial charge < -0.3 is 9.72 Å². The van der Waals surface area contributed by atoms with Crippen molar-refractivity contribution < 1.29 is 4.74 Å². The predicted octanol–water partition coefficient (Wildman–Crippen LogP) is 2.75. The summed E-state index contributed by atoms with van der Waals surface area (Å²) in [5.41, 5.74) is 3.00. The fourth-order valence-corrected chi connectivity index (χ4v) is 3.35. The molecule has 2 aromatic rings. The molecule has 0 amide bonds. The van der Waals surface area contributed by atoms with Crippen molar-refractivity contribution in [3.05, 3.63) is 32.3 Å². The molecule has 0 unspecified atom stereocenters. The zero-order valence-electron chi connectivity index (χ0n) is 11.0. The van der Waals surface area contributed by atoms with Crippen LogP contribution in [0, 0.1) is 6.92 Å². The standard InChI is InChI=1S/C13H14ClN3O2S/c1-7-11(20-6-15-7)12-16-10(9(14)13(18)17-12)8-2-4-19-5-3-8/h6,8H,2-5H2,1H3,(H,16,17,18). The van der Waals surface area contributed by atoms with Crippen LogP contribution in [0.25, 0.3) is 10.7 Å². The van der Waals surface area contributed by atoms with Crippen LogP contribution < -0.4 is 5.56 Å². The Kier molecular flexibility index (Phi) is 3.87. The number of ether oxygens (including phenoxy) is 1. The summed E-state index contributed by atoms with van der Waals surface area (Å²) in [4.78, 5) is 24.4. The van der Waals surface area contributed by atoms with Crippen molar-refractivity contribution in [2.24, 2.45) is 0 Å². The number of nitrogens with one attached hydrogen (secondary N) is 1. The van der Waals surface area contributed by atoms with Crippen molar-refractivity contribution in [1.82, 2.24) is 15.0 Å². The lowest BCUT2D eigenvalue weighted by Gasteiger charge is -2.22. The zero-order chi connectivity index (χ0) is 14.1. The molecular weight excluding hydrogens is 298 g/mol. The number of aromatic amines is 1. The fraction of sp³-hybridized carbons (Fsp3) is 0.462. The minimum Gasteiger partial charge on any atom is -0.381 e. The molecule has 7 heteroatoms. The second-order valence-corrected chi connectivity index (χ2v) is 6.00. The minimum atomic E-state index is -0.286. The van der Waals surface area contributed by atoms with E-state index in [4.69, 9.17) is 16.3 Å². The lowest BCUT2D eigenvalue weighted by Crippen LogP contribution is -2.20. The van der Waals surface area contributed by atoms with Gasteiger partial charge in [0, 0.05) is 19.1 Å². The van der Waals surface area contributed by atoms with Gasteiger partial charge in [0.05, 0.1) is 21.8 Å². The molecule has 1 aliphatic rings. The number of H-pyrrole nitrogens is 1. The normalized spacial score (nSPS) is 16.5. The highest BCUT2D eigenvalue weighted by atomic mass is 35.5. The Morgan fingerprint density at radius 1 is 1.45 bits per heavy atom. The molecule has 3 rings (SSSR count). The van der Waals surface area contributed by atoms with Gasteiger partial charge in [0.2, 0.25) is 0 Å². The number of halogens is 1. The van der Waals surface area contributed by atoms with Gasteiger partial charge in [0.25, 0.3) is 5.56 Å². The average molecular weight is 312 g/mol. The molecule has 1 aliphatic heterocycles. The topological polar surface area (TPSA) is 67.9 Å². The summed E-state index contributed by atoms with van der Waals surface area (Å²) >= 11 is 7.60. The minimum absolute atomic E-state index is 0.186. The Bertz CT molecular complexity index is 676. The predicted molar refractivity (Wildman–Crippen MR) is 78.5 cm³/mol. The number of thiazole rings is 1. The first-order valence-corrected chi connectivity index (χ1v) is 7.70. The third kappa shape index (κ3) is 2.51. The van der Waals surface area contributed by atoms with E-state index in [1.165, 1.54) is 11.3 Å². The van der Waals surface area contributed by atoms with E-state index in [1.807, 2.05) is 6.92 Å². The second-order valence-electron chi connectivity index (χ2n) is 4.77. The molecule has 0 aliphatic carbocycles. The first kappa shape index (κ1) is 13.7.